The van der Waals surface area contributed by atoms with Crippen LogP contribution in [-0.4, -0.2) is 16.5 Å². The van der Waals surface area contributed by atoms with E-state index < -0.39 is 15.8 Å². The van der Waals surface area contributed by atoms with Crippen molar-refractivity contribution in [1.82, 2.24) is 0 Å². The summed E-state index contributed by atoms with van der Waals surface area (Å²) in [4.78, 5) is 12.3. The predicted molar refractivity (Wildman–Crippen MR) is 81.7 cm³/mol. The molecule has 0 bridgehead atoms. The van der Waals surface area contributed by atoms with Gasteiger partial charge in [0.05, 0.1) is 9.73 Å². The number of amides is 2. The Hall–Kier alpha value is -1.85. The highest BCUT2D eigenvalue weighted by molar-refractivity contribution is 7.93. The summed E-state index contributed by atoms with van der Waals surface area (Å²) in [6.45, 7) is 0. The van der Waals surface area contributed by atoms with E-state index in [9.17, 15) is 9.00 Å². The van der Waals surface area contributed by atoms with E-state index in [4.69, 9.17) is 11.6 Å². The zero-order valence-electron chi connectivity index (χ0n) is 10.7. The van der Waals surface area contributed by atoms with Crippen LogP contribution in [-0.2, 0) is 9.73 Å². The highest BCUT2D eigenvalue weighted by atomic mass is 35.5. The third-order valence-corrected chi connectivity index (χ3v) is 4.45. The fourth-order valence-electron chi connectivity index (χ4n) is 1.56. The van der Waals surface area contributed by atoms with Gasteiger partial charge in [-0.15, -0.1) is 4.36 Å². The van der Waals surface area contributed by atoms with Gasteiger partial charge in [0.25, 0.3) is 0 Å². The fraction of sp³-hybridized carbons (Fsp3) is 0.0714. The average molecular weight is 309 g/mol. The smallest absolute Gasteiger partial charge is 0.306 e. The Bertz CT molecular complexity index is 721. The number of benzene rings is 2. The summed E-state index contributed by atoms with van der Waals surface area (Å²) >= 11 is 5.75. The normalized spacial score (nSPS) is 13.3. The van der Waals surface area contributed by atoms with Gasteiger partial charge in [-0.25, -0.2) is 9.00 Å². The molecule has 4 nitrogen and oxygen atoms in total. The van der Waals surface area contributed by atoms with E-state index in [0.717, 1.165) is 0 Å². The molecule has 2 rings (SSSR count). The van der Waals surface area contributed by atoms with Gasteiger partial charge in [-0.05, 0) is 36.4 Å². The van der Waals surface area contributed by atoms with Crippen molar-refractivity contribution in [2.45, 2.75) is 4.90 Å². The summed E-state index contributed by atoms with van der Waals surface area (Å²) in [7, 11) is -2.75. The van der Waals surface area contributed by atoms with Gasteiger partial charge in [0.15, 0.2) is 0 Å². The van der Waals surface area contributed by atoms with Gasteiger partial charge in [-0.3, -0.25) is 0 Å². The lowest BCUT2D eigenvalue weighted by molar-refractivity contribution is 0.260. The Balaban J connectivity index is 2.20. The van der Waals surface area contributed by atoms with Crippen LogP contribution < -0.4 is 5.32 Å². The maximum atomic E-state index is 12.4. The van der Waals surface area contributed by atoms with Crippen LogP contribution in [0.15, 0.2) is 63.9 Å². The number of urea groups is 1. The molecule has 104 valence electrons. The van der Waals surface area contributed by atoms with Crippen LogP contribution in [0.4, 0.5) is 10.5 Å². The number of hydrogen-bond acceptors (Lipinski definition) is 2. The minimum absolute atomic E-state index is 0.520. The summed E-state index contributed by atoms with van der Waals surface area (Å²) < 4.78 is 16.1. The van der Waals surface area contributed by atoms with Crippen molar-refractivity contribution in [3.05, 3.63) is 59.6 Å². The minimum atomic E-state index is -2.75. The molecule has 0 heterocycles. The first-order chi connectivity index (χ1) is 9.47. The molecule has 0 fully saturated rings. The van der Waals surface area contributed by atoms with E-state index in [1.807, 2.05) is 6.07 Å². The lowest BCUT2D eigenvalue weighted by Gasteiger charge is -2.05. The van der Waals surface area contributed by atoms with Gasteiger partial charge in [0, 0.05) is 21.9 Å². The van der Waals surface area contributed by atoms with Crippen molar-refractivity contribution in [3.8, 4) is 0 Å². The van der Waals surface area contributed by atoms with E-state index in [-0.39, 0.29) is 0 Å². The molecule has 0 saturated carbocycles. The number of rotatable bonds is 2. The second-order valence-corrected chi connectivity index (χ2v) is 6.84. The molecule has 2 aromatic carbocycles. The zero-order chi connectivity index (χ0) is 14.6. The summed E-state index contributed by atoms with van der Waals surface area (Å²) in [6.07, 6.45) is 1.43. The SMILES string of the molecule is C[S@](=O)(=NC(=O)Nc1ccc(Cl)cc1)c1ccccc1. The number of anilines is 1. The quantitative estimate of drug-likeness (QED) is 0.910. The minimum Gasteiger partial charge on any atom is -0.306 e. The summed E-state index contributed by atoms with van der Waals surface area (Å²) in [5.74, 6) is 0. The second-order valence-electron chi connectivity index (χ2n) is 4.14. The third-order valence-electron chi connectivity index (χ3n) is 2.53. The van der Waals surface area contributed by atoms with Crippen LogP contribution in [0.2, 0.25) is 5.02 Å². The van der Waals surface area contributed by atoms with Gasteiger partial charge in [-0.2, -0.15) is 0 Å². The van der Waals surface area contributed by atoms with Gasteiger partial charge in [0.2, 0.25) is 0 Å². The van der Waals surface area contributed by atoms with E-state index >= 15 is 0 Å². The van der Waals surface area contributed by atoms with Crippen molar-refractivity contribution < 1.29 is 9.00 Å². The monoisotopic (exact) mass is 308 g/mol. The maximum Gasteiger partial charge on any atom is 0.353 e. The topological polar surface area (TPSA) is 58.5 Å². The molecule has 1 N–H and O–H groups in total. The Labute approximate surface area is 123 Å². The molecule has 0 aliphatic rings. The number of halogens is 1. The molecule has 20 heavy (non-hydrogen) atoms. The van der Waals surface area contributed by atoms with Crippen LogP contribution in [0, 0.1) is 0 Å². The number of hydrogen-bond donors (Lipinski definition) is 1. The van der Waals surface area contributed by atoms with Crippen molar-refractivity contribution in [3.63, 3.8) is 0 Å². The lowest BCUT2D eigenvalue weighted by Crippen LogP contribution is -2.10. The predicted octanol–water partition coefficient (Wildman–Crippen LogP) is 4.03. The van der Waals surface area contributed by atoms with Crippen LogP contribution in [0.3, 0.4) is 0 Å². The van der Waals surface area contributed by atoms with Gasteiger partial charge in [-0.1, -0.05) is 29.8 Å². The average Bonchev–Trinajstić information content (AvgIpc) is 2.42. The maximum absolute atomic E-state index is 12.4. The van der Waals surface area contributed by atoms with Gasteiger partial charge >= 0.3 is 6.03 Å². The van der Waals surface area contributed by atoms with Crippen LogP contribution in [0.1, 0.15) is 0 Å². The Kier molecular flexibility index (Phi) is 4.42. The van der Waals surface area contributed by atoms with Crippen molar-refractivity contribution >= 4 is 33.0 Å². The molecule has 1 atom stereocenters. The molecule has 6 heteroatoms. The summed E-state index contributed by atoms with van der Waals surface area (Å²) in [5.41, 5.74) is 0.548. The molecule has 0 radical (unpaired) electrons. The highest BCUT2D eigenvalue weighted by Gasteiger charge is 2.09. The molecule has 2 amide bonds. The van der Waals surface area contributed by atoms with Crippen LogP contribution in [0.25, 0.3) is 0 Å². The van der Waals surface area contributed by atoms with E-state index in [0.29, 0.717) is 15.6 Å². The molecule has 2 aromatic rings. The first kappa shape index (κ1) is 14.6. The number of nitrogens with zero attached hydrogens (tertiary/aromatic N) is 1. The Morgan fingerprint density at radius 1 is 1.10 bits per heavy atom. The molecule has 0 aliphatic heterocycles. The molecule has 0 unspecified atom stereocenters. The third kappa shape index (κ3) is 3.82. The van der Waals surface area contributed by atoms with Crippen molar-refractivity contribution in [2.75, 3.05) is 11.6 Å². The van der Waals surface area contributed by atoms with Crippen molar-refractivity contribution in [1.29, 1.82) is 0 Å². The molecular weight excluding hydrogens is 296 g/mol. The molecule has 0 saturated heterocycles. The first-order valence-corrected chi connectivity index (χ1v) is 8.11. The summed E-state index contributed by atoms with van der Waals surface area (Å²) in [6, 6.07) is 14.6. The highest BCUT2D eigenvalue weighted by Crippen LogP contribution is 2.15. The molecule has 0 aliphatic carbocycles. The van der Waals surface area contributed by atoms with E-state index in [2.05, 4.69) is 9.68 Å². The van der Waals surface area contributed by atoms with Crippen molar-refractivity contribution in [2.24, 2.45) is 4.36 Å². The largest absolute Gasteiger partial charge is 0.353 e. The summed E-state index contributed by atoms with van der Waals surface area (Å²) in [5, 5.41) is 3.12. The van der Waals surface area contributed by atoms with E-state index in [1.165, 1.54) is 6.26 Å². The molecular formula is C14H13ClN2O2S. The van der Waals surface area contributed by atoms with Crippen LogP contribution >= 0.6 is 11.6 Å². The Morgan fingerprint density at radius 2 is 1.70 bits per heavy atom. The molecule has 0 aromatic heterocycles. The Morgan fingerprint density at radius 3 is 2.30 bits per heavy atom. The number of carbonyl (C=O) groups excluding carboxylic acids is 1. The standard InChI is InChI=1S/C14H13ClN2O2S/c1-20(19,13-5-3-2-4-6-13)17-14(18)16-12-9-7-11(15)8-10-12/h2-10H,1H3,(H,16,18)/t20-/m1/s1. The second kappa shape index (κ2) is 6.07. The number of carbonyl (C=O) groups is 1. The molecule has 0 spiro atoms. The number of nitrogens with one attached hydrogen (secondary N) is 1. The van der Waals surface area contributed by atoms with E-state index in [1.54, 1.807) is 48.5 Å². The van der Waals surface area contributed by atoms with Gasteiger partial charge < -0.3 is 5.32 Å². The van der Waals surface area contributed by atoms with Crippen LogP contribution in [0.5, 0.6) is 0 Å². The first-order valence-electron chi connectivity index (χ1n) is 5.81. The lowest BCUT2D eigenvalue weighted by atomic mass is 10.3. The fourth-order valence-corrected chi connectivity index (χ4v) is 2.82. The zero-order valence-corrected chi connectivity index (χ0v) is 12.3. The van der Waals surface area contributed by atoms with Gasteiger partial charge in [0.1, 0.15) is 0 Å².